The molecule has 12 heteroatoms. The number of benzene rings is 2. The SMILES string of the molecule is C[C@H]1c2nn(C)c(-c3cc(F)cc(F)c3)c2CCN1C(=O)c1cc(F)cc(OC[C@@H]2CNC(=O)N2)c1Cl. The molecule has 0 aliphatic carbocycles. The van der Waals surface area contributed by atoms with Crippen LogP contribution in [0.3, 0.4) is 0 Å². The molecule has 5 rings (SSSR count). The minimum atomic E-state index is -0.699. The first kappa shape index (κ1) is 24.9. The van der Waals surface area contributed by atoms with Gasteiger partial charge in [-0.05, 0) is 31.5 Å². The Bertz CT molecular complexity index is 1390. The van der Waals surface area contributed by atoms with Crippen molar-refractivity contribution in [1.29, 1.82) is 0 Å². The van der Waals surface area contributed by atoms with E-state index >= 15 is 0 Å². The number of aryl methyl sites for hydroxylation is 1. The summed E-state index contributed by atoms with van der Waals surface area (Å²) in [5, 5.41) is 9.74. The van der Waals surface area contributed by atoms with Crippen LogP contribution in [0.15, 0.2) is 30.3 Å². The Hall–Kier alpha value is -3.73. The van der Waals surface area contributed by atoms with Crippen molar-refractivity contribution in [3.8, 4) is 17.0 Å². The molecule has 2 aromatic carbocycles. The molecule has 3 aromatic rings. The number of ether oxygens (including phenoxy) is 1. The summed E-state index contributed by atoms with van der Waals surface area (Å²) in [6.45, 7) is 2.42. The normalized spacial score (nSPS) is 18.9. The molecule has 0 spiro atoms. The summed E-state index contributed by atoms with van der Waals surface area (Å²) in [5.41, 5.74) is 2.22. The maximum atomic E-state index is 14.5. The lowest BCUT2D eigenvalue weighted by molar-refractivity contribution is 0.0672. The molecule has 0 bridgehead atoms. The highest BCUT2D eigenvalue weighted by Crippen LogP contribution is 2.38. The molecule has 0 radical (unpaired) electrons. The van der Waals surface area contributed by atoms with E-state index in [0.29, 0.717) is 29.9 Å². The molecule has 3 amide bonds. The zero-order chi connectivity index (χ0) is 26.4. The average Bonchev–Trinajstić information content (AvgIpc) is 3.41. The van der Waals surface area contributed by atoms with Crippen molar-refractivity contribution in [1.82, 2.24) is 25.3 Å². The summed E-state index contributed by atoms with van der Waals surface area (Å²) >= 11 is 6.46. The molecule has 194 valence electrons. The number of urea groups is 1. The minimum Gasteiger partial charge on any atom is -0.490 e. The van der Waals surface area contributed by atoms with Gasteiger partial charge in [0, 0.05) is 43.4 Å². The summed E-state index contributed by atoms with van der Waals surface area (Å²) in [4.78, 5) is 26.3. The number of fused-ring (bicyclic) bond motifs is 1. The van der Waals surface area contributed by atoms with Gasteiger partial charge in [-0.3, -0.25) is 9.48 Å². The Kier molecular flexibility index (Phi) is 6.49. The number of carbonyl (C=O) groups is 2. The van der Waals surface area contributed by atoms with Crippen molar-refractivity contribution in [3.05, 3.63) is 69.6 Å². The van der Waals surface area contributed by atoms with E-state index in [1.165, 1.54) is 17.0 Å². The van der Waals surface area contributed by atoms with Crippen LogP contribution in [0.1, 0.15) is 34.6 Å². The Labute approximate surface area is 215 Å². The second-order valence-electron chi connectivity index (χ2n) is 9.05. The van der Waals surface area contributed by atoms with E-state index in [0.717, 1.165) is 23.8 Å². The number of hydrogen-bond donors (Lipinski definition) is 2. The number of halogens is 4. The summed E-state index contributed by atoms with van der Waals surface area (Å²) in [6, 6.07) is 4.26. The van der Waals surface area contributed by atoms with Crippen LogP contribution in [-0.4, -0.2) is 52.4 Å². The Morgan fingerprint density at radius 2 is 1.86 bits per heavy atom. The van der Waals surface area contributed by atoms with Crippen LogP contribution in [0, 0.1) is 17.5 Å². The highest BCUT2D eigenvalue weighted by molar-refractivity contribution is 6.35. The highest BCUT2D eigenvalue weighted by atomic mass is 35.5. The predicted octanol–water partition coefficient (Wildman–Crippen LogP) is 3.98. The maximum absolute atomic E-state index is 14.5. The molecule has 8 nitrogen and oxygen atoms in total. The molecule has 37 heavy (non-hydrogen) atoms. The van der Waals surface area contributed by atoms with E-state index in [9.17, 15) is 22.8 Å². The highest BCUT2D eigenvalue weighted by Gasteiger charge is 2.35. The molecule has 1 saturated heterocycles. The van der Waals surface area contributed by atoms with Crippen molar-refractivity contribution in [3.63, 3.8) is 0 Å². The van der Waals surface area contributed by atoms with Gasteiger partial charge >= 0.3 is 6.03 Å². The lowest BCUT2D eigenvalue weighted by Gasteiger charge is -2.33. The van der Waals surface area contributed by atoms with Crippen molar-refractivity contribution in [2.24, 2.45) is 7.05 Å². The van der Waals surface area contributed by atoms with Crippen molar-refractivity contribution >= 4 is 23.5 Å². The maximum Gasteiger partial charge on any atom is 0.315 e. The topological polar surface area (TPSA) is 88.5 Å². The zero-order valence-electron chi connectivity index (χ0n) is 19.9. The van der Waals surface area contributed by atoms with Gasteiger partial charge in [0.1, 0.15) is 29.8 Å². The van der Waals surface area contributed by atoms with Crippen molar-refractivity contribution < 1.29 is 27.5 Å². The van der Waals surface area contributed by atoms with Gasteiger partial charge in [-0.2, -0.15) is 5.10 Å². The summed E-state index contributed by atoms with van der Waals surface area (Å²) in [7, 11) is 1.67. The molecule has 2 aliphatic rings. The van der Waals surface area contributed by atoms with Crippen LogP contribution in [0.2, 0.25) is 5.02 Å². The van der Waals surface area contributed by atoms with E-state index in [1.54, 1.807) is 18.7 Å². The standard InChI is InChI=1S/C25H23ClF3N5O3/c1-12-22-18(23(33(2)32-22)13-5-14(27)7-15(28)6-13)3-4-34(12)24(35)19-8-16(29)9-20(21(19)26)37-11-17-10-30-25(36)31-17/h5-9,12,17H,3-4,10-11H2,1-2H3,(H2,30,31,36)/t12-,17-/m0/s1. The molecule has 2 atom stereocenters. The molecular formula is C25H23ClF3N5O3. The number of nitrogens with zero attached hydrogens (tertiary/aromatic N) is 3. The van der Waals surface area contributed by atoms with Crippen LogP contribution in [-0.2, 0) is 13.5 Å². The molecule has 0 unspecified atom stereocenters. The predicted molar refractivity (Wildman–Crippen MR) is 129 cm³/mol. The smallest absolute Gasteiger partial charge is 0.315 e. The fraction of sp³-hybridized carbons (Fsp3) is 0.320. The fourth-order valence-electron chi connectivity index (χ4n) is 4.85. The first-order chi connectivity index (χ1) is 17.6. The van der Waals surface area contributed by atoms with Gasteiger partial charge in [-0.25, -0.2) is 18.0 Å². The van der Waals surface area contributed by atoms with Gasteiger partial charge in [0.15, 0.2) is 0 Å². The molecule has 1 aromatic heterocycles. The number of hydrogen-bond acceptors (Lipinski definition) is 4. The summed E-state index contributed by atoms with van der Waals surface area (Å²) in [5.74, 6) is -2.61. The van der Waals surface area contributed by atoms with Gasteiger partial charge in [0.25, 0.3) is 5.91 Å². The van der Waals surface area contributed by atoms with Gasteiger partial charge < -0.3 is 20.3 Å². The minimum absolute atomic E-state index is 0.00947. The number of carbonyl (C=O) groups excluding carboxylic acids is 2. The van der Waals surface area contributed by atoms with Crippen LogP contribution < -0.4 is 15.4 Å². The molecular weight excluding hydrogens is 511 g/mol. The molecule has 3 heterocycles. The molecule has 0 saturated carbocycles. The third kappa shape index (κ3) is 4.71. The van der Waals surface area contributed by atoms with Gasteiger partial charge in [-0.1, -0.05) is 11.6 Å². The second-order valence-corrected chi connectivity index (χ2v) is 9.42. The van der Waals surface area contributed by atoms with Gasteiger partial charge in [0.05, 0.1) is 34.1 Å². The van der Waals surface area contributed by atoms with E-state index in [2.05, 4.69) is 15.7 Å². The monoisotopic (exact) mass is 533 g/mol. The van der Waals surface area contributed by atoms with Crippen LogP contribution in [0.5, 0.6) is 5.75 Å². The first-order valence-electron chi connectivity index (χ1n) is 11.6. The third-order valence-corrected chi connectivity index (χ3v) is 6.95. The average molecular weight is 534 g/mol. The number of aromatic nitrogens is 2. The van der Waals surface area contributed by atoms with E-state index < -0.39 is 29.4 Å². The molecule has 2 aliphatic heterocycles. The van der Waals surface area contributed by atoms with Gasteiger partial charge in [-0.15, -0.1) is 0 Å². The molecule has 2 N–H and O–H groups in total. The van der Waals surface area contributed by atoms with Crippen LogP contribution in [0.4, 0.5) is 18.0 Å². The van der Waals surface area contributed by atoms with Crippen LogP contribution in [0.25, 0.3) is 11.3 Å². The first-order valence-corrected chi connectivity index (χ1v) is 12.0. The Balaban J connectivity index is 1.41. The number of amides is 3. The third-order valence-electron chi connectivity index (χ3n) is 6.56. The lowest BCUT2D eigenvalue weighted by atomic mass is 9.95. The zero-order valence-corrected chi connectivity index (χ0v) is 20.7. The van der Waals surface area contributed by atoms with E-state index in [4.69, 9.17) is 16.3 Å². The van der Waals surface area contributed by atoms with Crippen molar-refractivity contribution in [2.75, 3.05) is 19.7 Å². The van der Waals surface area contributed by atoms with Crippen LogP contribution >= 0.6 is 11.6 Å². The number of nitrogens with one attached hydrogen (secondary N) is 2. The molecule has 1 fully saturated rings. The van der Waals surface area contributed by atoms with Gasteiger partial charge in [0.2, 0.25) is 0 Å². The fourth-order valence-corrected chi connectivity index (χ4v) is 5.09. The quantitative estimate of drug-likeness (QED) is 0.519. The summed E-state index contributed by atoms with van der Waals surface area (Å²) in [6.07, 6.45) is 0.372. The second kappa shape index (κ2) is 9.62. The Morgan fingerprint density at radius 3 is 2.54 bits per heavy atom. The lowest BCUT2D eigenvalue weighted by Crippen LogP contribution is -2.39. The van der Waals surface area contributed by atoms with E-state index in [-0.39, 0.29) is 41.6 Å². The summed E-state index contributed by atoms with van der Waals surface area (Å²) < 4.78 is 49.4. The largest absolute Gasteiger partial charge is 0.490 e. The Morgan fingerprint density at radius 1 is 1.16 bits per heavy atom. The number of rotatable bonds is 5. The van der Waals surface area contributed by atoms with E-state index in [1.807, 2.05) is 0 Å². The van der Waals surface area contributed by atoms with Crippen molar-refractivity contribution in [2.45, 2.75) is 25.4 Å².